The summed E-state index contributed by atoms with van der Waals surface area (Å²) in [6.45, 7) is 4.25. The number of amides is 1. The Kier molecular flexibility index (Phi) is 31.0. The maximum Gasteiger partial charge on any atom is 0.220 e. The fourth-order valence-electron chi connectivity index (χ4n) is 4.93. The Labute approximate surface area is 249 Å². The van der Waals surface area contributed by atoms with Crippen LogP contribution in [-0.2, 0) is 4.79 Å². The van der Waals surface area contributed by atoms with E-state index in [0.29, 0.717) is 12.8 Å². The molecule has 0 saturated carbocycles. The monoisotopic (exact) mass is 562 g/mol. The van der Waals surface area contributed by atoms with Crippen LogP contribution in [0.25, 0.3) is 0 Å². The van der Waals surface area contributed by atoms with Crippen LogP contribution < -0.4 is 5.32 Å². The van der Waals surface area contributed by atoms with Gasteiger partial charge in [-0.2, -0.15) is 0 Å². The number of aliphatic hydroxyl groups excluding tert-OH is 2. The zero-order chi connectivity index (χ0) is 29.4. The second kappa shape index (κ2) is 32.1. The Morgan fingerprint density at radius 2 is 1.02 bits per heavy atom. The summed E-state index contributed by atoms with van der Waals surface area (Å²) in [6.07, 6.45) is 40.9. The Morgan fingerprint density at radius 3 is 1.50 bits per heavy atom. The average molecular weight is 562 g/mol. The molecule has 0 aliphatic rings. The summed E-state index contributed by atoms with van der Waals surface area (Å²) in [6, 6.07) is -0.649. The standard InChI is InChI=1S/C36H67NO3/c1-3-5-7-9-11-13-15-17-18-20-21-23-25-27-29-31-35(39)34(33-38)37-36(40)32-30-28-26-24-22-19-16-14-12-10-8-6-4-2/h19,22,26,28-29,31,34-35,38-39H,3-18,20-21,23-25,27,30,32-33H2,1-2H3,(H,37,40)/b22-19-,28-26-,31-29+. The lowest BCUT2D eigenvalue weighted by Gasteiger charge is -2.19. The first-order chi connectivity index (χ1) is 19.7. The topological polar surface area (TPSA) is 69.6 Å². The predicted octanol–water partition coefficient (Wildman–Crippen LogP) is 9.90. The highest BCUT2D eigenvalue weighted by Gasteiger charge is 2.17. The molecule has 0 spiro atoms. The van der Waals surface area contributed by atoms with Crippen LogP contribution in [0.3, 0.4) is 0 Å². The average Bonchev–Trinajstić information content (AvgIpc) is 2.96. The number of rotatable bonds is 30. The molecule has 0 fully saturated rings. The van der Waals surface area contributed by atoms with E-state index in [9.17, 15) is 15.0 Å². The molecule has 234 valence electrons. The van der Waals surface area contributed by atoms with E-state index in [1.165, 1.54) is 116 Å². The Balaban J connectivity index is 3.74. The quantitative estimate of drug-likeness (QED) is 0.0603. The molecule has 3 N–H and O–H groups in total. The fourth-order valence-corrected chi connectivity index (χ4v) is 4.93. The lowest BCUT2D eigenvalue weighted by molar-refractivity contribution is -0.122. The largest absolute Gasteiger partial charge is 0.394 e. The van der Waals surface area contributed by atoms with Crippen molar-refractivity contribution in [3.8, 4) is 0 Å². The molecule has 0 rings (SSSR count). The first-order valence-corrected chi connectivity index (χ1v) is 17.2. The van der Waals surface area contributed by atoms with Crippen molar-refractivity contribution in [1.29, 1.82) is 0 Å². The molecule has 1 amide bonds. The number of carbonyl (C=O) groups is 1. The van der Waals surface area contributed by atoms with Gasteiger partial charge in [0.1, 0.15) is 0 Å². The summed E-state index contributed by atoms with van der Waals surface area (Å²) in [4.78, 5) is 12.2. The summed E-state index contributed by atoms with van der Waals surface area (Å²) >= 11 is 0. The highest BCUT2D eigenvalue weighted by Crippen LogP contribution is 2.13. The van der Waals surface area contributed by atoms with Crippen molar-refractivity contribution >= 4 is 5.91 Å². The minimum Gasteiger partial charge on any atom is -0.394 e. The van der Waals surface area contributed by atoms with Gasteiger partial charge in [0.15, 0.2) is 0 Å². The third kappa shape index (κ3) is 28.1. The fraction of sp³-hybridized carbons (Fsp3) is 0.806. The smallest absolute Gasteiger partial charge is 0.220 e. The van der Waals surface area contributed by atoms with Crippen molar-refractivity contribution in [1.82, 2.24) is 5.32 Å². The molecule has 0 saturated heterocycles. The highest BCUT2D eigenvalue weighted by atomic mass is 16.3. The normalized spacial score (nSPS) is 13.6. The maximum absolute atomic E-state index is 12.2. The molecule has 0 aliphatic carbocycles. The van der Waals surface area contributed by atoms with Gasteiger partial charge in [0.2, 0.25) is 5.91 Å². The van der Waals surface area contributed by atoms with Crippen molar-refractivity contribution in [3.63, 3.8) is 0 Å². The van der Waals surface area contributed by atoms with Crippen LogP contribution in [0.4, 0.5) is 0 Å². The van der Waals surface area contributed by atoms with Gasteiger partial charge in [-0.25, -0.2) is 0 Å². The van der Waals surface area contributed by atoms with E-state index in [-0.39, 0.29) is 12.5 Å². The van der Waals surface area contributed by atoms with Crippen LogP contribution in [0.15, 0.2) is 36.5 Å². The summed E-state index contributed by atoms with van der Waals surface area (Å²) in [5.41, 5.74) is 0. The van der Waals surface area contributed by atoms with Gasteiger partial charge < -0.3 is 15.5 Å². The van der Waals surface area contributed by atoms with E-state index in [4.69, 9.17) is 0 Å². The Bertz CT molecular complexity index is 613. The minimum atomic E-state index is -0.858. The minimum absolute atomic E-state index is 0.133. The Morgan fingerprint density at radius 1 is 0.600 bits per heavy atom. The van der Waals surface area contributed by atoms with Crippen molar-refractivity contribution < 1.29 is 15.0 Å². The number of nitrogens with one attached hydrogen (secondary N) is 1. The first-order valence-electron chi connectivity index (χ1n) is 17.2. The molecule has 0 aromatic heterocycles. The van der Waals surface area contributed by atoms with E-state index in [1.807, 2.05) is 12.2 Å². The van der Waals surface area contributed by atoms with Gasteiger partial charge in [-0.15, -0.1) is 0 Å². The van der Waals surface area contributed by atoms with Gasteiger partial charge >= 0.3 is 0 Å². The number of allylic oxidation sites excluding steroid dienone is 5. The highest BCUT2D eigenvalue weighted by molar-refractivity contribution is 5.76. The van der Waals surface area contributed by atoms with Crippen LogP contribution >= 0.6 is 0 Å². The molecule has 0 aromatic rings. The van der Waals surface area contributed by atoms with Crippen molar-refractivity contribution in [3.05, 3.63) is 36.5 Å². The molecular weight excluding hydrogens is 494 g/mol. The van der Waals surface area contributed by atoms with E-state index >= 15 is 0 Å². The van der Waals surface area contributed by atoms with Crippen LogP contribution in [-0.4, -0.2) is 34.9 Å². The van der Waals surface area contributed by atoms with Gasteiger partial charge in [-0.05, 0) is 38.5 Å². The molecule has 4 nitrogen and oxygen atoms in total. The first kappa shape index (κ1) is 38.6. The number of aliphatic hydroxyl groups is 2. The maximum atomic E-state index is 12.2. The van der Waals surface area contributed by atoms with Gasteiger partial charge in [0.25, 0.3) is 0 Å². The lowest BCUT2D eigenvalue weighted by atomic mass is 10.0. The van der Waals surface area contributed by atoms with Crippen LogP contribution in [0.2, 0.25) is 0 Å². The van der Waals surface area contributed by atoms with Crippen LogP contribution in [0.5, 0.6) is 0 Å². The molecule has 0 aliphatic heterocycles. The number of unbranched alkanes of at least 4 members (excludes halogenated alkanes) is 19. The van der Waals surface area contributed by atoms with Crippen molar-refractivity contribution in [2.24, 2.45) is 0 Å². The van der Waals surface area contributed by atoms with Crippen LogP contribution in [0, 0.1) is 0 Å². The van der Waals surface area contributed by atoms with Gasteiger partial charge in [-0.1, -0.05) is 159 Å². The molecular formula is C36H67NO3. The van der Waals surface area contributed by atoms with Crippen molar-refractivity contribution in [2.75, 3.05) is 6.61 Å². The number of hydrogen-bond donors (Lipinski definition) is 3. The zero-order valence-corrected chi connectivity index (χ0v) is 26.6. The van der Waals surface area contributed by atoms with E-state index in [1.54, 1.807) is 6.08 Å². The van der Waals surface area contributed by atoms with E-state index in [0.717, 1.165) is 25.7 Å². The molecule has 2 unspecified atom stereocenters. The molecule has 2 atom stereocenters. The van der Waals surface area contributed by atoms with Gasteiger partial charge in [0.05, 0.1) is 18.8 Å². The molecule has 40 heavy (non-hydrogen) atoms. The summed E-state index contributed by atoms with van der Waals surface area (Å²) in [7, 11) is 0. The third-order valence-electron chi connectivity index (χ3n) is 7.63. The molecule has 0 aromatic carbocycles. The molecule has 0 bridgehead atoms. The number of hydrogen-bond acceptors (Lipinski definition) is 3. The van der Waals surface area contributed by atoms with Gasteiger partial charge in [0, 0.05) is 6.42 Å². The third-order valence-corrected chi connectivity index (χ3v) is 7.63. The second-order valence-electron chi connectivity index (χ2n) is 11.6. The predicted molar refractivity (Wildman–Crippen MR) is 175 cm³/mol. The van der Waals surface area contributed by atoms with E-state index in [2.05, 4.69) is 37.4 Å². The number of carbonyl (C=O) groups excluding carboxylic acids is 1. The molecule has 0 radical (unpaired) electrons. The second-order valence-corrected chi connectivity index (χ2v) is 11.6. The summed E-state index contributed by atoms with van der Waals surface area (Å²) < 4.78 is 0. The van der Waals surface area contributed by atoms with Crippen LogP contribution in [0.1, 0.15) is 168 Å². The lowest BCUT2D eigenvalue weighted by Crippen LogP contribution is -2.45. The zero-order valence-electron chi connectivity index (χ0n) is 26.6. The SMILES string of the molecule is CCCCCCCC/C=C\C/C=C\CCC(=O)NC(CO)C(O)/C=C/CCCCCCCCCCCCCCC. The van der Waals surface area contributed by atoms with Gasteiger partial charge in [-0.3, -0.25) is 4.79 Å². The molecule has 0 heterocycles. The summed E-state index contributed by atoms with van der Waals surface area (Å²) in [5.74, 6) is -0.133. The van der Waals surface area contributed by atoms with Crippen molar-refractivity contribution in [2.45, 2.75) is 180 Å². The Hall–Kier alpha value is -1.39. The van der Waals surface area contributed by atoms with E-state index < -0.39 is 12.1 Å². The summed E-state index contributed by atoms with van der Waals surface area (Å²) in [5, 5.41) is 22.8. The molecule has 4 heteroatoms.